The predicted molar refractivity (Wildman–Crippen MR) is 130 cm³/mol. The van der Waals surface area contributed by atoms with E-state index in [4.69, 9.17) is 23.2 Å². The standard InChI is InChI=1S/C23H22Cl2N4O2S/c24-16-3-5-19(18(12-16)22(30)28-21-6-4-17(25)14-27-21)26-13-15-7-9-29(10-8-15)23(31)20-2-1-11-32-20/h1-6,11-12,14-15,26H,7-10,13H2,(H,27,28,30). The first-order valence-electron chi connectivity index (χ1n) is 10.3. The number of nitrogens with one attached hydrogen (secondary N) is 2. The van der Waals surface area contributed by atoms with E-state index in [0.717, 1.165) is 30.8 Å². The van der Waals surface area contributed by atoms with E-state index in [1.807, 2.05) is 28.5 Å². The van der Waals surface area contributed by atoms with Crippen molar-refractivity contribution in [2.24, 2.45) is 5.92 Å². The normalized spacial score (nSPS) is 14.2. The molecule has 1 aliphatic rings. The van der Waals surface area contributed by atoms with Gasteiger partial charge in [0.25, 0.3) is 11.8 Å². The number of likely N-dealkylation sites (tertiary alicyclic amines) is 1. The van der Waals surface area contributed by atoms with E-state index >= 15 is 0 Å². The number of piperidine rings is 1. The lowest BCUT2D eigenvalue weighted by molar-refractivity contribution is 0.0699. The Bertz CT molecular complexity index is 1080. The summed E-state index contributed by atoms with van der Waals surface area (Å²) in [5.74, 6) is 0.625. The van der Waals surface area contributed by atoms with Gasteiger partial charge in [-0.15, -0.1) is 11.3 Å². The molecule has 1 aromatic carbocycles. The molecule has 3 aromatic rings. The van der Waals surface area contributed by atoms with Crippen LogP contribution >= 0.6 is 34.5 Å². The number of benzene rings is 1. The van der Waals surface area contributed by atoms with Crippen LogP contribution in [-0.2, 0) is 0 Å². The molecule has 1 fully saturated rings. The van der Waals surface area contributed by atoms with Crippen molar-refractivity contribution in [3.05, 3.63) is 74.5 Å². The van der Waals surface area contributed by atoms with E-state index in [9.17, 15) is 9.59 Å². The summed E-state index contributed by atoms with van der Waals surface area (Å²) in [6.07, 6.45) is 3.30. The van der Waals surface area contributed by atoms with Gasteiger partial charge in [-0.25, -0.2) is 4.98 Å². The van der Waals surface area contributed by atoms with Gasteiger partial charge in [0.1, 0.15) is 5.82 Å². The van der Waals surface area contributed by atoms with Crippen LogP contribution in [0.3, 0.4) is 0 Å². The number of carbonyl (C=O) groups excluding carboxylic acids is 2. The van der Waals surface area contributed by atoms with Crippen LogP contribution in [0.1, 0.15) is 32.9 Å². The third kappa shape index (κ3) is 5.59. The molecule has 1 saturated heterocycles. The number of anilines is 2. The van der Waals surface area contributed by atoms with Gasteiger partial charge < -0.3 is 15.5 Å². The number of nitrogens with zero attached hydrogens (tertiary/aromatic N) is 2. The lowest BCUT2D eigenvalue weighted by Crippen LogP contribution is -2.39. The van der Waals surface area contributed by atoms with Gasteiger partial charge in [0.15, 0.2) is 0 Å². The summed E-state index contributed by atoms with van der Waals surface area (Å²) in [6.45, 7) is 2.18. The van der Waals surface area contributed by atoms with Gasteiger partial charge in [0, 0.05) is 36.5 Å². The lowest BCUT2D eigenvalue weighted by Gasteiger charge is -2.32. The molecule has 0 spiro atoms. The third-order valence-electron chi connectivity index (χ3n) is 5.41. The van der Waals surface area contributed by atoms with Gasteiger partial charge >= 0.3 is 0 Å². The molecule has 2 amide bonds. The number of amides is 2. The molecule has 4 rings (SSSR count). The van der Waals surface area contributed by atoms with Gasteiger partial charge in [-0.05, 0) is 60.5 Å². The van der Waals surface area contributed by atoms with Crippen LogP contribution in [-0.4, -0.2) is 41.3 Å². The summed E-state index contributed by atoms with van der Waals surface area (Å²) in [5, 5.41) is 9.06. The number of halogens is 2. The Hall–Kier alpha value is -2.61. The number of hydrogen-bond acceptors (Lipinski definition) is 5. The molecule has 2 aromatic heterocycles. The van der Waals surface area contributed by atoms with Crippen LogP contribution in [0.2, 0.25) is 10.0 Å². The molecule has 166 valence electrons. The first-order valence-corrected chi connectivity index (χ1v) is 11.9. The Kier molecular flexibility index (Phi) is 7.29. The van der Waals surface area contributed by atoms with Crippen molar-refractivity contribution in [2.75, 3.05) is 30.3 Å². The molecule has 0 radical (unpaired) electrons. The SMILES string of the molecule is O=C(Nc1ccc(Cl)cn1)c1cc(Cl)ccc1NCC1CCN(C(=O)c2cccs2)CC1. The lowest BCUT2D eigenvalue weighted by atomic mass is 9.96. The van der Waals surface area contributed by atoms with Crippen molar-refractivity contribution in [3.63, 3.8) is 0 Å². The first kappa shape index (κ1) is 22.6. The van der Waals surface area contributed by atoms with E-state index < -0.39 is 0 Å². The quantitative estimate of drug-likeness (QED) is 0.468. The molecular formula is C23H22Cl2N4O2S. The van der Waals surface area contributed by atoms with Gasteiger partial charge in [-0.3, -0.25) is 9.59 Å². The highest BCUT2D eigenvalue weighted by molar-refractivity contribution is 7.12. The zero-order valence-corrected chi connectivity index (χ0v) is 19.5. The Balaban J connectivity index is 1.35. The molecule has 2 N–H and O–H groups in total. The second-order valence-electron chi connectivity index (χ2n) is 7.60. The Morgan fingerprint density at radius 1 is 1.09 bits per heavy atom. The summed E-state index contributed by atoms with van der Waals surface area (Å²) in [4.78, 5) is 32.2. The number of hydrogen-bond donors (Lipinski definition) is 2. The van der Waals surface area contributed by atoms with Crippen LogP contribution < -0.4 is 10.6 Å². The van der Waals surface area contributed by atoms with Gasteiger partial charge in [-0.1, -0.05) is 29.3 Å². The second-order valence-corrected chi connectivity index (χ2v) is 9.42. The Morgan fingerprint density at radius 3 is 2.56 bits per heavy atom. The summed E-state index contributed by atoms with van der Waals surface area (Å²) >= 11 is 13.5. The summed E-state index contributed by atoms with van der Waals surface area (Å²) in [5.41, 5.74) is 1.15. The molecule has 0 bridgehead atoms. The number of rotatable bonds is 6. The molecule has 0 unspecified atom stereocenters. The summed E-state index contributed by atoms with van der Waals surface area (Å²) in [6, 6.07) is 12.3. The maximum atomic E-state index is 12.8. The first-order chi connectivity index (χ1) is 15.5. The molecule has 3 heterocycles. The second kappa shape index (κ2) is 10.3. The minimum atomic E-state index is -0.304. The minimum Gasteiger partial charge on any atom is -0.384 e. The topological polar surface area (TPSA) is 74.3 Å². The fourth-order valence-corrected chi connectivity index (χ4v) is 4.62. The average molecular weight is 489 g/mol. The molecule has 1 aliphatic heterocycles. The van der Waals surface area contributed by atoms with Crippen molar-refractivity contribution < 1.29 is 9.59 Å². The van der Waals surface area contributed by atoms with E-state index in [2.05, 4.69) is 15.6 Å². The van der Waals surface area contributed by atoms with Gasteiger partial charge in [0.05, 0.1) is 15.5 Å². The maximum Gasteiger partial charge on any atom is 0.263 e. The van der Waals surface area contributed by atoms with Crippen LogP contribution in [0.15, 0.2) is 54.0 Å². The molecule has 0 atom stereocenters. The number of aromatic nitrogens is 1. The van der Waals surface area contributed by atoms with E-state index in [1.165, 1.54) is 17.5 Å². The van der Waals surface area contributed by atoms with Gasteiger partial charge in [-0.2, -0.15) is 0 Å². The molecule has 0 aliphatic carbocycles. The summed E-state index contributed by atoms with van der Waals surface area (Å²) < 4.78 is 0. The Labute approximate surface area is 200 Å². The zero-order chi connectivity index (χ0) is 22.5. The number of carbonyl (C=O) groups is 2. The summed E-state index contributed by atoms with van der Waals surface area (Å²) in [7, 11) is 0. The van der Waals surface area contributed by atoms with E-state index in [0.29, 0.717) is 39.6 Å². The largest absolute Gasteiger partial charge is 0.384 e. The smallest absolute Gasteiger partial charge is 0.263 e. The fourth-order valence-electron chi connectivity index (χ4n) is 3.64. The fraction of sp³-hybridized carbons (Fsp3) is 0.261. The van der Waals surface area contributed by atoms with E-state index in [-0.39, 0.29) is 11.8 Å². The van der Waals surface area contributed by atoms with Crippen LogP contribution in [0.5, 0.6) is 0 Å². The molecule has 32 heavy (non-hydrogen) atoms. The predicted octanol–water partition coefficient (Wildman–Crippen LogP) is 5.67. The van der Waals surface area contributed by atoms with Crippen molar-refractivity contribution in [2.45, 2.75) is 12.8 Å². The molecule has 9 heteroatoms. The Morgan fingerprint density at radius 2 is 1.88 bits per heavy atom. The monoisotopic (exact) mass is 488 g/mol. The molecule has 0 saturated carbocycles. The zero-order valence-electron chi connectivity index (χ0n) is 17.2. The highest BCUT2D eigenvalue weighted by atomic mass is 35.5. The number of pyridine rings is 1. The van der Waals surface area contributed by atoms with Crippen molar-refractivity contribution >= 4 is 57.9 Å². The highest BCUT2D eigenvalue weighted by Crippen LogP contribution is 2.25. The average Bonchev–Trinajstić information content (AvgIpc) is 3.34. The number of thiophene rings is 1. The molecule has 6 nitrogen and oxygen atoms in total. The molecular weight excluding hydrogens is 467 g/mol. The van der Waals surface area contributed by atoms with Crippen molar-refractivity contribution in [1.29, 1.82) is 0 Å². The third-order valence-corrected chi connectivity index (χ3v) is 6.73. The van der Waals surface area contributed by atoms with Crippen LogP contribution in [0, 0.1) is 5.92 Å². The van der Waals surface area contributed by atoms with Crippen molar-refractivity contribution in [1.82, 2.24) is 9.88 Å². The maximum absolute atomic E-state index is 12.8. The highest BCUT2D eigenvalue weighted by Gasteiger charge is 2.24. The van der Waals surface area contributed by atoms with E-state index in [1.54, 1.807) is 24.3 Å². The minimum absolute atomic E-state index is 0.110. The van der Waals surface area contributed by atoms with Crippen LogP contribution in [0.25, 0.3) is 0 Å². The van der Waals surface area contributed by atoms with Crippen molar-refractivity contribution in [3.8, 4) is 0 Å². The van der Waals surface area contributed by atoms with Gasteiger partial charge in [0.2, 0.25) is 0 Å². The van der Waals surface area contributed by atoms with Crippen LogP contribution in [0.4, 0.5) is 11.5 Å².